The third-order valence-corrected chi connectivity index (χ3v) is 6.62. The van der Waals surface area contributed by atoms with Crippen molar-refractivity contribution in [3.8, 4) is 11.5 Å². The van der Waals surface area contributed by atoms with Gasteiger partial charge in [-0.15, -0.1) is 0 Å². The highest BCUT2D eigenvalue weighted by molar-refractivity contribution is 5.83. The van der Waals surface area contributed by atoms with E-state index >= 15 is 0 Å². The molecule has 7 heteroatoms. The van der Waals surface area contributed by atoms with Gasteiger partial charge >= 0.3 is 6.03 Å². The van der Waals surface area contributed by atoms with Crippen molar-refractivity contribution in [2.24, 2.45) is 5.92 Å². The number of hydrogen-bond acceptors (Lipinski definition) is 4. The van der Waals surface area contributed by atoms with Crippen molar-refractivity contribution in [3.63, 3.8) is 0 Å². The van der Waals surface area contributed by atoms with Crippen LogP contribution in [0.5, 0.6) is 11.5 Å². The number of methoxy groups -OCH3 is 2. The molecular formula is C26H33N3O4. The monoisotopic (exact) mass is 451 g/mol. The van der Waals surface area contributed by atoms with Crippen molar-refractivity contribution in [2.45, 2.75) is 38.8 Å². The van der Waals surface area contributed by atoms with Gasteiger partial charge in [0.05, 0.1) is 20.1 Å². The fourth-order valence-electron chi connectivity index (χ4n) is 4.92. The van der Waals surface area contributed by atoms with Crippen LogP contribution < -0.4 is 14.8 Å². The third-order valence-electron chi connectivity index (χ3n) is 6.62. The highest BCUT2D eigenvalue weighted by Crippen LogP contribution is 2.40. The fourth-order valence-corrected chi connectivity index (χ4v) is 4.92. The quantitative estimate of drug-likeness (QED) is 0.756. The Morgan fingerprint density at radius 2 is 1.76 bits per heavy atom. The summed E-state index contributed by atoms with van der Waals surface area (Å²) in [4.78, 5) is 30.4. The van der Waals surface area contributed by atoms with Crippen LogP contribution in [0.3, 0.4) is 0 Å². The van der Waals surface area contributed by atoms with Gasteiger partial charge in [0.2, 0.25) is 5.91 Å². The van der Waals surface area contributed by atoms with Gasteiger partial charge in [-0.25, -0.2) is 4.79 Å². The number of amides is 3. The molecule has 0 spiro atoms. The molecule has 1 N–H and O–H groups in total. The van der Waals surface area contributed by atoms with E-state index in [1.807, 2.05) is 49.1 Å². The predicted octanol–water partition coefficient (Wildman–Crippen LogP) is 3.42. The van der Waals surface area contributed by atoms with E-state index in [0.29, 0.717) is 37.7 Å². The average Bonchev–Trinajstić information content (AvgIpc) is 3.28. The van der Waals surface area contributed by atoms with Gasteiger partial charge in [0.15, 0.2) is 0 Å². The van der Waals surface area contributed by atoms with Crippen molar-refractivity contribution in [3.05, 3.63) is 59.2 Å². The van der Waals surface area contributed by atoms with Crippen molar-refractivity contribution < 1.29 is 19.1 Å². The summed E-state index contributed by atoms with van der Waals surface area (Å²) in [5, 5.41) is 2.97. The fraction of sp³-hybridized carbons (Fsp3) is 0.462. The molecule has 2 aromatic carbocycles. The Kier molecular flexibility index (Phi) is 6.77. The smallest absolute Gasteiger partial charge is 0.317 e. The van der Waals surface area contributed by atoms with Crippen LogP contribution in [-0.2, 0) is 17.8 Å². The van der Waals surface area contributed by atoms with Gasteiger partial charge in [0, 0.05) is 43.7 Å². The largest absolute Gasteiger partial charge is 0.497 e. The van der Waals surface area contributed by atoms with Crippen LogP contribution in [0.25, 0.3) is 0 Å². The van der Waals surface area contributed by atoms with Gasteiger partial charge < -0.3 is 24.6 Å². The second-order valence-corrected chi connectivity index (χ2v) is 9.11. The molecule has 3 amide bonds. The molecule has 176 valence electrons. The van der Waals surface area contributed by atoms with Gasteiger partial charge in [-0.05, 0) is 49.6 Å². The van der Waals surface area contributed by atoms with Crippen LogP contribution in [0.15, 0.2) is 42.5 Å². The molecule has 1 fully saturated rings. The topological polar surface area (TPSA) is 71.1 Å². The number of nitrogens with zero attached hydrogens (tertiary/aromatic N) is 2. The maximum atomic E-state index is 13.8. The second-order valence-electron chi connectivity index (χ2n) is 9.11. The van der Waals surface area contributed by atoms with Crippen molar-refractivity contribution in [2.75, 3.05) is 33.9 Å². The Labute approximate surface area is 195 Å². The summed E-state index contributed by atoms with van der Waals surface area (Å²) in [6, 6.07) is 13.8. The lowest BCUT2D eigenvalue weighted by Crippen LogP contribution is -2.44. The lowest BCUT2D eigenvalue weighted by Gasteiger charge is -2.32. The van der Waals surface area contributed by atoms with E-state index in [-0.39, 0.29) is 29.8 Å². The number of carbonyl (C=O) groups excluding carboxylic acids is 2. The molecule has 0 bridgehead atoms. The zero-order valence-corrected chi connectivity index (χ0v) is 19.8. The lowest BCUT2D eigenvalue weighted by atomic mass is 9.86. The standard InChI is InChI=1S/C26H33N3O4/c1-17(2)27-26(31)29-15-22(21-13-20(32-3)9-10-24(21)33-4)23(16-29)25(30)28-12-11-18-7-5-6-8-19(18)14-28/h5-10,13,17,22-23H,11-12,14-16H2,1-4H3,(H,27,31). The first-order valence-electron chi connectivity index (χ1n) is 11.5. The second kappa shape index (κ2) is 9.73. The van der Waals surface area contributed by atoms with Crippen molar-refractivity contribution in [1.29, 1.82) is 0 Å². The number of ether oxygens (including phenoxy) is 2. The number of rotatable bonds is 5. The molecule has 2 aliphatic heterocycles. The summed E-state index contributed by atoms with van der Waals surface area (Å²) in [5.74, 6) is 0.953. The van der Waals surface area contributed by atoms with E-state index in [9.17, 15) is 9.59 Å². The SMILES string of the molecule is COc1ccc(OC)c(C2CN(C(=O)NC(C)C)CC2C(=O)N2CCc3ccccc3C2)c1. The number of hydrogen-bond donors (Lipinski definition) is 1. The zero-order chi connectivity index (χ0) is 23.5. The summed E-state index contributed by atoms with van der Waals surface area (Å²) in [5.41, 5.74) is 3.39. The zero-order valence-electron chi connectivity index (χ0n) is 19.8. The van der Waals surface area contributed by atoms with Crippen LogP contribution in [-0.4, -0.2) is 61.6 Å². The van der Waals surface area contributed by atoms with Crippen molar-refractivity contribution >= 4 is 11.9 Å². The number of likely N-dealkylation sites (tertiary alicyclic amines) is 1. The highest BCUT2D eigenvalue weighted by atomic mass is 16.5. The molecule has 2 aromatic rings. The number of carbonyl (C=O) groups is 2. The van der Waals surface area contributed by atoms with Crippen LogP contribution in [0.1, 0.15) is 36.5 Å². The lowest BCUT2D eigenvalue weighted by molar-refractivity contribution is -0.136. The molecule has 2 heterocycles. The molecule has 2 aliphatic rings. The minimum absolute atomic E-state index is 0.0238. The molecule has 2 unspecified atom stereocenters. The van der Waals surface area contributed by atoms with Gasteiger partial charge in [0.1, 0.15) is 11.5 Å². The van der Waals surface area contributed by atoms with E-state index in [1.165, 1.54) is 11.1 Å². The molecule has 0 saturated carbocycles. The Balaban J connectivity index is 1.65. The van der Waals surface area contributed by atoms with Crippen molar-refractivity contribution in [1.82, 2.24) is 15.1 Å². The summed E-state index contributed by atoms with van der Waals surface area (Å²) < 4.78 is 11.1. The maximum Gasteiger partial charge on any atom is 0.317 e. The maximum absolute atomic E-state index is 13.8. The van der Waals surface area contributed by atoms with Crippen LogP contribution >= 0.6 is 0 Å². The minimum atomic E-state index is -0.353. The summed E-state index contributed by atoms with van der Waals surface area (Å²) in [6.45, 7) is 5.98. The van der Waals surface area contributed by atoms with E-state index in [4.69, 9.17) is 9.47 Å². The summed E-state index contributed by atoms with van der Waals surface area (Å²) >= 11 is 0. The Morgan fingerprint density at radius 1 is 1.00 bits per heavy atom. The van der Waals surface area contributed by atoms with Gasteiger partial charge in [-0.2, -0.15) is 0 Å². The molecule has 2 atom stereocenters. The molecule has 4 rings (SSSR count). The molecule has 7 nitrogen and oxygen atoms in total. The van der Waals surface area contributed by atoms with Gasteiger partial charge in [-0.1, -0.05) is 24.3 Å². The number of urea groups is 1. The first-order valence-corrected chi connectivity index (χ1v) is 11.5. The van der Waals surface area contributed by atoms with E-state index < -0.39 is 0 Å². The first kappa shape index (κ1) is 23.0. The van der Waals surface area contributed by atoms with Gasteiger partial charge in [0.25, 0.3) is 0 Å². The molecular weight excluding hydrogens is 418 g/mol. The van der Waals surface area contributed by atoms with E-state index in [0.717, 1.165) is 12.0 Å². The molecule has 0 aliphatic carbocycles. The highest BCUT2D eigenvalue weighted by Gasteiger charge is 2.43. The van der Waals surface area contributed by atoms with E-state index in [2.05, 4.69) is 17.4 Å². The van der Waals surface area contributed by atoms with Crippen LogP contribution in [0.2, 0.25) is 0 Å². The molecule has 1 saturated heterocycles. The average molecular weight is 452 g/mol. The molecule has 0 aromatic heterocycles. The normalized spacial score (nSPS) is 19.9. The van der Waals surface area contributed by atoms with E-state index in [1.54, 1.807) is 19.1 Å². The number of fused-ring (bicyclic) bond motifs is 1. The number of benzene rings is 2. The third kappa shape index (κ3) is 4.77. The Morgan fingerprint density at radius 3 is 2.45 bits per heavy atom. The van der Waals surface area contributed by atoms with Crippen LogP contribution in [0.4, 0.5) is 4.79 Å². The molecule has 0 radical (unpaired) electrons. The Bertz CT molecular complexity index is 1020. The Hall–Kier alpha value is -3.22. The van der Waals surface area contributed by atoms with Crippen LogP contribution in [0, 0.1) is 5.92 Å². The molecule has 33 heavy (non-hydrogen) atoms. The summed E-state index contributed by atoms with van der Waals surface area (Å²) in [7, 11) is 3.25. The minimum Gasteiger partial charge on any atom is -0.497 e. The number of nitrogens with one attached hydrogen (secondary N) is 1. The summed E-state index contributed by atoms with van der Waals surface area (Å²) in [6.07, 6.45) is 0.847. The van der Waals surface area contributed by atoms with Gasteiger partial charge in [-0.3, -0.25) is 4.79 Å². The first-order chi connectivity index (χ1) is 15.9. The predicted molar refractivity (Wildman–Crippen MR) is 127 cm³/mol.